The molecule has 1 heteroatoms. The van der Waals surface area contributed by atoms with Gasteiger partial charge in [0.15, 0.2) is 0 Å². The molecule has 0 aromatic heterocycles. The van der Waals surface area contributed by atoms with Crippen LogP contribution < -0.4 is 0 Å². The molecule has 0 amide bonds. The minimum atomic E-state index is 0.403. The van der Waals surface area contributed by atoms with Crippen molar-refractivity contribution in [2.75, 3.05) is 0 Å². The standard InChI is InChI=1S/C15H22O/c1-10(2)13-9-8-11(3)14(15(13)16)12-6-4-5-7-12/h8-10,12,16H,4-7H2,1-3H3. The molecule has 0 spiro atoms. The maximum Gasteiger partial charge on any atom is 0.122 e. The first-order valence-electron chi connectivity index (χ1n) is 6.43. The quantitative estimate of drug-likeness (QED) is 0.776. The summed E-state index contributed by atoms with van der Waals surface area (Å²) >= 11 is 0. The molecule has 1 saturated carbocycles. The maximum absolute atomic E-state index is 10.4. The Bertz CT molecular complexity index is 373. The van der Waals surface area contributed by atoms with Crippen molar-refractivity contribution in [2.24, 2.45) is 0 Å². The Balaban J connectivity index is 2.45. The number of aryl methyl sites for hydroxylation is 1. The Kier molecular flexibility index (Phi) is 3.22. The number of aromatic hydroxyl groups is 1. The van der Waals surface area contributed by atoms with E-state index in [-0.39, 0.29) is 0 Å². The van der Waals surface area contributed by atoms with Crippen LogP contribution in [0.2, 0.25) is 0 Å². The van der Waals surface area contributed by atoms with Crippen molar-refractivity contribution in [3.05, 3.63) is 28.8 Å². The summed E-state index contributed by atoms with van der Waals surface area (Å²) in [5.74, 6) is 1.57. The van der Waals surface area contributed by atoms with Crippen molar-refractivity contribution >= 4 is 0 Å². The zero-order chi connectivity index (χ0) is 11.7. The molecule has 1 aliphatic rings. The summed E-state index contributed by atoms with van der Waals surface area (Å²) in [7, 11) is 0. The molecule has 2 rings (SSSR count). The van der Waals surface area contributed by atoms with Crippen LogP contribution in [0.5, 0.6) is 5.75 Å². The van der Waals surface area contributed by atoms with E-state index in [1.54, 1.807) is 0 Å². The highest BCUT2D eigenvalue weighted by Crippen LogP contribution is 2.42. The molecule has 1 aromatic carbocycles. The number of benzene rings is 1. The molecule has 16 heavy (non-hydrogen) atoms. The smallest absolute Gasteiger partial charge is 0.122 e. The Morgan fingerprint density at radius 3 is 2.38 bits per heavy atom. The highest BCUT2D eigenvalue weighted by atomic mass is 16.3. The Morgan fingerprint density at radius 2 is 1.81 bits per heavy atom. The molecule has 0 bridgehead atoms. The van der Waals surface area contributed by atoms with E-state index in [1.807, 2.05) is 0 Å². The van der Waals surface area contributed by atoms with Gasteiger partial charge in [0.25, 0.3) is 0 Å². The summed E-state index contributed by atoms with van der Waals surface area (Å²) in [4.78, 5) is 0. The van der Waals surface area contributed by atoms with Crippen LogP contribution in [0.3, 0.4) is 0 Å². The largest absolute Gasteiger partial charge is 0.507 e. The van der Waals surface area contributed by atoms with Gasteiger partial charge < -0.3 is 5.11 Å². The van der Waals surface area contributed by atoms with E-state index in [0.29, 0.717) is 17.6 Å². The lowest BCUT2D eigenvalue weighted by atomic mass is 9.88. The lowest BCUT2D eigenvalue weighted by molar-refractivity contribution is 0.450. The molecule has 0 saturated heterocycles. The van der Waals surface area contributed by atoms with Gasteiger partial charge in [0, 0.05) is 5.56 Å². The highest BCUT2D eigenvalue weighted by molar-refractivity contribution is 5.48. The second-order valence-corrected chi connectivity index (χ2v) is 5.37. The van der Waals surface area contributed by atoms with Gasteiger partial charge in [0.2, 0.25) is 0 Å². The number of phenols is 1. The zero-order valence-corrected chi connectivity index (χ0v) is 10.6. The zero-order valence-electron chi connectivity index (χ0n) is 10.6. The topological polar surface area (TPSA) is 20.2 Å². The van der Waals surface area contributed by atoms with Gasteiger partial charge in [-0.05, 0) is 42.7 Å². The first-order chi connectivity index (χ1) is 7.61. The first kappa shape index (κ1) is 11.5. The van der Waals surface area contributed by atoms with Crippen molar-refractivity contribution in [3.8, 4) is 5.75 Å². The van der Waals surface area contributed by atoms with Crippen LogP contribution in [-0.2, 0) is 0 Å². The van der Waals surface area contributed by atoms with E-state index in [0.717, 1.165) is 5.56 Å². The first-order valence-corrected chi connectivity index (χ1v) is 6.43. The number of hydrogen-bond donors (Lipinski definition) is 1. The van der Waals surface area contributed by atoms with Crippen molar-refractivity contribution in [3.63, 3.8) is 0 Å². The van der Waals surface area contributed by atoms with Crippen molar-refractivity contribution in [1.29, 1.82) is 0 Å². The SMILES string of the molecule is Cc1ccc(C(C)C)c(O)c1C1CCCC1. The third-order valence-electron chi connectivity index (χ3n) is 3.85. The van der Waals surface area contributed by atoms with E-state index in [9.17, 15) is 5.11 Å². The van der Waals surface area contributed by atoms with Gasteiger partial charge in [-0.1, -0.05) is 38.8 Å². The lowest BCUT2D eigenvalue weighted by Crippen LogP contribution is -2.00. The predicted molar refractivity (Wildman–Crippen MR) is 68.1 cm³/mol. The van der Waals surface area contributed by atoms with Crippen molar-refractivity contribution in [2.45, 2.75) is 58.3 Å². The van der Waals surface area contributed by atoms with Gasteiger partial charge in [-0.3, -0.25) is 0 Å². The molecule has 0 radical (unpaired) electrons. The summed E-state index contributed by atoms with van der Waals surface area (Å²) in [6.07, 6.45) is 5.12. The average Bonchev–Trinajstić information content (AvgIpc) is 2.70. The summed E-state index contributed by atoms with van der Waals surface area (Å²) in [6.45, 7) is 6.41. The molecule has 0 unspecified atom stereocenters. The second kappa shape index (κ2) is 4.48. The van der Waals surface area contributed by atoms with Gasteiger partial charge in [-0.2, -0.15) is 0 Å². The Hall–Kier alpha value is -0.980. The molecular weight excluding hydrogens is 196 g/mol. The Labute approximate surface area is 98.5 Å². The van der Waals surface area contributed by atoms with Crippen LogP contribution in [0.15, 0.2) is 12.1 Å². The van der Waals surface area contributed by atoms with Crippen LogP contribution in [0.1, 0.15) is 68.1 Å². The van der Waals surface area contributed by atoms with E-state index in [2.05, 4.69) is 32.9 Å². The van der Waals surface area contributed by atoms with Gasteiger partial charge in [-0.25, -0.2) is 0 Å². The van der Waals surface area contributed by atoms with E-state index in [1.165, 1.54) is 36.8 Å². The van der Waals surface area contributed by atoms with Crippen LogP contribution in [0, 0.1) is 6.92 Å². The van der Waals surface area contributed by atoms with Gasteiger partial charge in [0.1, 0.15) is 5.75 Å². The van der Waals surface area contributed by atoms with Crippen LogP contribution in [-0.4, -0.2) is 5.11 Å². The molecule has 0 aliphatic heterocycles. The van der Waals surface area contributed by atoms with E-state index >= 15 is 0 Å². The summed E-state index contributed by atoms with van der Waals surface area (Å²) in [6, 6.07) is 4.25. The van der Waals surface area contributed by atoms with Crippen LogP contribution >= 0.6 is 0 Å². The fourth-order valence-electron chi connectivity index (χ4n) is 2.92. The molecule has 0 atom stereocenters. The monoisotopic (exact) mass is 218 g/mol. The molecule has 1 nitrogen and oxygen atoms in total. The second-order valence-electron chi connectivity index (χ2n) is 5.37. The Morgan fingerprint density at radius 1 is 1.19 bits per heavy atom. The molecule has 1 aliphatic carbocycles. The number of phenolic OH excluding ortho intramolecular Hbond substituents is 1. The lowest BCUT2D eigenvalue weighted by Gasteiger charge is -2.19. The normalized spacial score (nSPS) is 17.2. The maximum atomic E-state index is 10.4. The van der Waals surface area contributed by atoms with Gasteiger partial charge >= 0.3 is 0 Å². The van der Waals surface area contributed by atoms with Crippen molar-refractivity contribution < 1.29 is 5.11 Å². The van der Waals surface area contributed by atoms with Gasteiger partial charge in [-0.15, -0.1) is 0 Å². The summed E-state index contributed by atoms with van der Waals surface area (Å²) in [5, 5.41) is 10.4. The minimum Gasteiger partial charge on any atom is -0.507 e. The van der Waals surface area contributed by atoms with Crippen molar-refractivity contribution in [1.82, 2.24) is 0 Å². The molecule has 1 aromatic rings. The molecule has 0 heterocycles. The summed E-state index contributed by atoms with van der Waals surface area (Å²) in [5.41, 5.74) is 3.59. The molecule has 1 N–H and O–H groups in total. The average molecular weight is 218 g/mol. The van der Waals surface area contributed by atoms with Gasteiger partial charge in [0.05, 0.1) is 0 Å². The fourth-order valence-corrected chi connectivity index (χ4v) is 2.92. The minimum absolute atomic E-state index is 0.403. The van der Waals surface area contributed by atoms with Crippen LogP contribution in [0.4, 0.5) is 0 Å². The third kappa shape index (κ3) is 1.95. The molecule has 88 valence electrons. The fraction of sp³-hybridized carbons (Fsp3) is 0.600. The van der Waals surface area contributed by atoms with E-state index in [4.69, 9.17) is 0 Å². The van der Waals surface area contributed by atoms with E-state index < -0.39 is 0 Å². The highest BCUT2D eigenvalue weighted by Gasteiger charge is 2.23. The molecular formula is C15H22O. The third-order valence-corrected chi connectivity index (χ3v) is 3.85. The summed E-state index contributed by atoms with van der Waals surface area (Å²) < 4.78 is 0. The number of rotatable bonds is 2. The predicted octanol–water partition coefficient (Wildman–Crippen LogP) is 4.48. The number of hydrogen-bond acceptors (Lipinski definition) is 1. The van der Waals surface area contributed by atoms with Crippen LogP contribution in [0.25, 0.3) is 0 Å². The molecule has 1 fully saturated rings.